The average Bonchev–Trinajstić information content (AvgIpc) is 3.21. The second kappa shape index (κ2) is 10.2. The van der Waals surface area contributed by atoms with Gasteiger partial charge in [0.15, 0.2) is 5.76 Å². The van der Waals surface area contributed by atoms with Crippen molar-refractivity contribution in [2.24, 2.45) is 0 Å². The van der Waals surface area contributed by atoms with Crippen molar-refractivity contribution in [1.82, 2.24) is 9.55 Å². The third-order valence-corrected chi connectivity index (χ3v) is 6.07. The molecule has 2 heterocycles. The van der Waals surface area contributed by atoms with Crippen molar-refractivity contribution in [1.29, 1.82) is 0 Å². The Kier molecular flexibility index (Phi) is 7.27. The standard InChI is InChI=1S/C28H25ClF2N2O5/c1-14-10-18(29)11-15(2)24(14)33-13-17(6-9-22(33)35)23-25(20-8-7-19(30)12-21(20)31)38-27(32-23)26(28(4,5)36)37-16(3)34/h6-13,26,36H,1-5H3. The molecule has 38 heavy (non-hydrogen) atoms. The Hall–Kier alpha value is -3.82. The van der Waals surface area contributed by atoms with E-state index < -0.39 is 29.3 Å². The molecular formula is C28H25ClF2N2O5. The highest BCUT2D eigenvalue weighted by molar-refractivity contribution is 6.30. The van der Waals surface area contributed by atoms with E-state index in [4.69, 9.17) is 20.8 Å². The van der Waals surface area contributed by atoms with Gasteiger partial charge in [-0.3, -0.25) is 14.2 Å². The van der Waals surface area contributed by atoms with Crippen LogP contribution in [-0.4, -0.2) is 26.2 Å². The lowest BCUT2D eigenvalue weighted by Crippen LogP contribution is -2.32. The van der Waals surface area contributed by atoms with Crippen molar-refractivity contribution < 1.29 is 27.8 Å². The zero-order valence-corrected chi connectivity index (χ0v) is 22.1. The second-order valence-electron chi connectivity index (χ2n) is 9.51. The molecule has 0 spiro atoms. The highest BCUT2D eigenvalue weighted by atomic mass is 35.5. The zero-order chi connectivity index (χ0) is 27.9. The topological polar surface area (TPSA) is 94.6 Å². The average molecular weight is 543 g/mol. The van der Waals surface area contributed by atoms with Crippen LogP contribution in [0, 0.1) is 25.5 Å². The van der Waals surface area contributed by atoms with Gasteiger partial charge in [0.1, 0.15) is 22.9 Å². The Labute approximate surface area is 222 Å². The molecule has 0 bridgehead atoms. The number of aryl methyl sites for hydroxylation is 2. The summed E-state index contributed by atoms with van der Waals surface area (Å²) in [5, 5.41) is 11.2. The van der Waals surface area contributed by atoms with Crippen LogP contribution in [0.2, 0.25) is 5.02 Å². The van der Waals surface area contributed by atoms with Gasteiger partial charge in [-0.2, -0.15) is 0 Å². The summed E-state index contributed by atoms with van der Waals surface area (Å²) in [6, 6.07) is 9.20. The number of oxazole rings is 1. The summed E-state index contributed by atoms with van der Waals surface area (Å²) < 4.78 is 41.2. The summed E-state index contributed by atoms with van der Waals surface area (Å²) in [6.07, 6.45) is 0.172. The Morgan fingerprint density at radius 2 is 1.79 bits per heavy atom. The van der Waals surface area contributed by atoms with Crippen molar-refractivity contribution >= 4 is 17.6 Å². The normalized spacial score (nSPS) is 12.4. The van der Waals surface area contributed by atoms with Crippen LogP contribution in [0.1, 0.15) is 43.9 Å². The van der Waals surface area contributed by atoms with E-state index >= 15 is 0 Å². The van der Waals surface area contributed by atoms with Crippen molar-refractivity contribution in [3.8, 4) is 28.3 Å². The monoisotopic (exact) mass is 542 g/mol. The van der Waals surface area contributed by atoms with Crippen LogP contribution in [0.25, 0.3) is 28.3 Å². The molecule has 2 aromatic carbocycles. The molecule has 0 saturated heterocycles. The summed E-state index contributed by atoms with van der Waals surface area (Å²) >= 11 is 6.17. The van der Waals surface area contributed by atoms with E-state index in [-0.39, 0.29) is 28.5 Å². The molecule has 198 valence electrons. The molecule has 0 aliphatic heterocycles. The number of ether oxygens (including phenoxy) is 1. The molecule has 4 rings (SSSR count). The minimum absolute atomic E-state index is 0.0879. The van der Waals surface area contributed by atoms with Crippen LogP contribution in [0.15, 0.2) is 57.9 Å². The maximum atomic E-state index is 14.9. The van der Waals surface area contributed by atoms with E-state index in [1.165, 1.54) is 42.8 Å². The summed E-state index contributed by atoms with van der Waals surface area (Å²) in [5.41, 5.74) is 0.462. The first-order valence-corrected chi connectivity index (χ1v) is 12.0. The third-order valence-electron chi connectivity index (χ3n) is 5.85. The Bertz CT molecular complexity index is 1580. The lowest BCUT2D eigenvalue weighted by molar-refractivity contribution is -0.162. The molecule has 0 amide bonds. The van der Waals surface area contributed by atoms with E-state index in [0.717, 1.165) is 24.1 Å². The maximum Gasteiger partial charge on any atom is 0.303 e. The Morgan fingerprint density at radius 1 is 1.13 bits per heavy atom. The molecule has 1 unspecified atom stereocenters. The van der Waals surface area contributed by atoms with E-state index in [1.807, 2.05) is 13.8 Å². The van der Waals surface area contributed by atoms with E-state index in [9.17, 15) is 23.5 Å². The minimum Gasteiger partial charge on any atom is -0.449 e. The lowest BCUT2D eigenvalue weighted by Gasteiger charge is -2.25. The SMILES string of the molecule is CC(=O)OC(c1nc(-c2ccc(=O)n(-c3c(C)cc(Cl)cc3C)c2)c(-c2ccc(F)cc2F)o1)C(C)(C)O. The molecule has 1 N–H and O–H groups in total. The first-order chi connectivity index (χ1) is 17.8. The number of aliphatic hydroxyl groups is 1. The Morgan fingerprint density at radius 3 is 2.37 bits per heavy atom. The fourth-order valence-electron chi connectivity index (χ4n) is 4.25. The van der Waals surface area contributed by atoms with Crippen LogP contribution in [-0.2, 0) is 9.53 Å². The van der Waals surface area contributed by atoms with Gasteiger partial charge >= 0.3 is 5.97 Å². The number of hydrogen-bond donors (Lipinski definition) is 1. The Balaban J connectivity index is 1.99. The molecule has 0 saturated carbocycles. The summed E-state index contributed by atoms with van der Waals surface area (Å²) in [7, 11) is 0. The van der Waals surface area contributed by atoms with Crippen LogP contribution in [0.4, 0.5) is 8.78 Å². The molecule has 0 fully saturated rings. The number of esters is 1. The number of hydrogen-bond acceptors (Lipinski definition) is 6. The van der Waals surface area contributed by atoms with Crippen molar-refractivity contribution in [3.63, 3.8) is 0 Å². The van der Waals surface area contributed by atoms with Crippen molar-refractivity contribution in [2.75, 3.05) is 0 Å². The molecule has 0 radical (unpaired) electrons. The van der Waals surface area contributed by atoms with E-state index in [1.54, 1.807) is 12.1 Å². The predicted octanol–water partition coefficient (Wildman–Crippen LogP) is 6.08. The molecule has 1 atom stereocenters. The van der Waals surface area contributed by atoms with Gasteiger partial charge in [-0.15, -0.1) is 0 Å². The molecular weight excluding hydrogens is 518 g/mol. The van der Waals surface area contributed by atoms with Crippen LogP contribution < -0.4 is 5.56 Å². The molecule has 2 aromatic heterocycles. The van der Waals surface area contributed by atoms with E-state index in [2.05, 4.69) is 4.98 Å². The van der Waals surface area contributed by atoms with Gasteiger partial charge in [-0.05, 0) is 69.2 Å². The third kappa shape index (κ3) is 5.39. The summed E-state index contributed by atoms with van der Waals surface area (Å²) in [4.78, 5) is 29.1. The minimum atomic E-state index is -1.62. The van der Waals surface area contributed by atoms with Gasteiger partial charge in [0.2, 0.25) is 12.0 Å². The van der Waals surface area contributed by atoms with Gasteiger partial charge in [-0.25, -0.2) is 13.8 Å². The number of pyridine rings is 1. The number of carbonyl (C=O) groups is 1. The fourth-order valence-corrected chi connectivity index (χ4v) is 4.58. The summed E-state index contributed by atoms with van der Waals surface area (Å²) in [5.74, 6) is -2.72. The lowest BCUT2D eigenvalue weighted by atomic mass is 10.0. The second-order valence-corrected chi connectivity index (χ2v) is 9.95. The number of rotatable bonds is 6. The smallest absolute Gasteiger partial charge is 0.303 e. The summed E-state index contributed by atoms with van der Waals surface area (Å²) in [6.45, 7) is 7.58. The number of aromatic nitrogens is 2. The number of halogens is 3. The maximum absolute atomic E-state index is 14.9. The molecule has 7 nitrogen and oxygen atoms in total. The molecule has 0 aliphatic rings. The largest absolute Gasteiger partial charge is 0.449 e. The number of benzene rings is 2. The van der Waals surface area contributed by atoms with Crippen molar-refractivity contribution in [3.05, 3.63) is 92.7 Å². The quantitative estimate of drug-likeness (QED) is 0.297. The fraction of sp³-hybridized carbons (Fsp3) is 0.250. The highest BCUT2D eigenvalue weighted by Gasteiger charge is 2.37. The highest BCUT2D eigenvalue weighted by Crippen LogP contribution is 2.39. The van der Waals surface area contributed by atoms with Gasteiger partial charge < -0.3 is 14.3 Å². The number of carbonyl (C=O) groups excluding carboxylic acids is 1. The van der Waals surface area contributed by atoms with Crippen LogP contribution in [0.3, 0.4) is 0 Å². The predicted molar refractivity (Wildman–Crippen MR) is 138 cm³/mol. The molecule has 4 aromatic rings. The first kappa shape index (κ1) is 27.2. The van der Waals surface area contributed by atoms with Crippen LogP contribution >= 0.6 is 11.6 Å². The van der Waals surface area contributed by atoms with E-state index in [0.29, 0.717) is 22.3 Å². The van der Waals surface area contributed by atoms with Gasteiger partial charge in [-0.1, -0.05) is 11.6 Å². The van der Waals surface area contributed by atoms with Crippen LogP contribution in [0.5, 0.6) is 0 Å². The first-order valence-electron chi connectivity index (χ1n) is 11.6. The molecule has 0 aliphatic carbocycles. The van der Waals surface area contributed by atoms with Gasteiger partial charge in [0.05, 0.1) is 11.3 Å². The van der Waals surface area contributed by atoms with Crippen molar-refractivity contribution in [2.45, 2.75) is 46.3 Å². The van der Waals surface area contributed by atoms with Gasteiger partial charge in [0, 0.05) is 35.8 Å². The molecule has 10 heteroatoms. The van der Waals surface area contributed by atoms with Gasteiger partial charge in [0.25, 0.3) is 5.56 Å². The number of nitrogens with zero attached hydrogens (tertiary/aromatic N) is 2. The zero-order valence-electron chi connectivity index (χ0n) is 21.3.